The van der Waals surface area contributed by atoms with Crippen molar-refractivity contribution in [2.24, 2.45) is 0 Å². The Balaban J connectivity index is 2.49. The van der Waals surface area contributed by atoms with Crippen molar-refractivity contribution in [3.05, 3.63) is 46.6 Å². The van der Waals surface area contributed by atoms with Crippen molar-refractivity contribution in [1.29, 1.82) is 5.26 Å². The smallest absolute Gasteiger partial charge is 0.192 e. The molecular weight excluding hydrogens is 279 g/mol. The quantitative estimate of drug-likeness (QED) is 0.802. The predicted molar refractivity (Wildman–Crippen MR) is 62.2 cm³/mol. The Kier molecular flexibility index (Phi) is 3.40. The van der Waals surface area contributed by atoms with Crippen molar-refractivity contribution in [2.75, 3.05) is 0 Å². The molecule has 0 bridgehead atoms. The van der Waals surface area contributed by atoms with Gasteiger partial charge in [-0.1, -0.05) is 23.7 Å². The summed E-state index contributed by atoms with van der Waals surface area (Å²) >= 11 is 5.38. The Morgan fingerprint density at radius 1 is 1.11 bits per heavy atom. The summed E-state index contributed by atoms with van der Waals surface area (Å²) in [6.45, 7) is 0. The molecule has 0 aliphatic heterocycles. The zero-order valence-corrected chi connectivity index (χ0v) is 10.00. The van der Waals surface area contributed by atoms with Gasteiger partial charge in [0.1, 0.15) is 0 Å². The molecule has 2 aromatic rings. The Bertz CT molecular complexity index is 645. The molecule has 3 nitrogen and oxygen atoms in total. The van der Waals surface area contributed by atoms with E-state index in [2.05, 4.69) is 10.2 Å². The van der Waals surface area contributed by atoms with E-state index in [1.807, 2.05) is 6.07 Å². The Morgan fingerprint density at radius 2 is 1.74 bits per heavy atom. The summed E-state index contributed by atoms with van der Waals surface area (Å²) in [6, 6.07) is 8.71. The lowest BCUT2D eigenvalue weighted by Gasteiger charge is -2.09. The summed E-state index contributed by atoms with van der Waals surface area (Å²) in [7, 11) is 0. The van der Waals surface area contributed by atoms with E-state index in [-0.39, 0.29) is 5.69 Å². The van der Waals surface area contributed by atoms with Gasteiger partial charge in [0.15, 0.2) is 5.15 Å². The van der Waals surface area contributed by atoms with Crippen LogP contribution in [0.4, 0.5) is 13.2 Å². The van der Waals surface area contributed by atoms with Crippen LogP contribution in [0.2, 0.25) is 5.15 Å². The summed E-state index contributed by atoms with van der Waals surface area (Å²) in [5, 5.41) is 14.9. The van der Waals surface area contributed by atoms with Gasteiger partial charge in [-0.15, -0.1) is 10.2 Å². The molecule has 0 fully saturated rings. The maximum Gasteiger partial charge on any atom is 0.419 e. The molecule has 0 atom stereocenters. The molecule has 0 unspecified atom stereocenters. The van der Waals surface area contributed by atoms with Gasteiger partial charge in [-0.25, -0.2) is 0 Å². The van der Waals surface area contributed by atoms with Crippen LogP contribution in [-0.4, -0.2) is 10.2 Å². The number of halogens is 4. The Morgan fingerprint density at radius 3 is 2.26 bits per heavy atom. The number of nitrogens with zero attached hydrogens (tertiary/aromatic N) is 3. The number of nitriles is 1. The number of hydrogen-bond donors (Lipinski definition) is 0. The number of benzene rings is 1. The molecule has 0 spiro atoms. The summed E-state index contributed by atoms with van der Waals surface area (Å²) in [6.07, 6.45) is -4.59. The molecule has 0 aliphatic carbocycles. The van der Waals surface area contributed by atoms with E-state index in [1.165, 1.54) is 24.3 Å². The van der Waals surface area contributed by atoms with Gasteiger partial charge in [-0.3, -0.25) is 0 Å². The first-order valence-electron chi connectivity index (χ1n) is 5.03. The normalized spacial score (nSPS) is 11.1. The molecule has 1 heterocycles. The lowest BCUT2D eigenvalue weighted by atomic mass is 10.1. The summed E-state index contributed by atoms with van der Waals surface area (Å²) in [5.74, 6) is 0. The third-order valence-electron chi connectivity index (χ3n) is 2.36. The fourth-order valence-corrected chi connectivity index (χ4v) is 1.63. The van der Waals surface area contributed by atoms with Crippen LogP contribution in [-0.2, 0) is 6.18 Å². The molecule has 0 saturated carbocycles. The van der Waals surface area contributed by atoms with Gasteiger partial charge in [0.2, 0.25) is 0 Å². The van der Waals surface area contributed by atoms with Crippen LogP contribution in [0.25, 0.3) is 11.3 Å². The van der Waals surface area contributed by atoms with Crippen LogP contribution >= 0.6 is 11.6 Å². The van der Waals surface area contributed by atoms with E-state index >= 15 is 0 Å². The highest BCUT2D eigenvalue weighted by Crippen LogP contribution is 2.35. The van der Waals surface area contributed by atoms with E-state index in [1.54, 1.807) is 0 Å². The lowest BCUT2D eigenvalue weighted by Crippen LogP contribution is -2.08. The fourth-order valence-electron chi connectivity index (χ4n) is 1.43. The maximum atomic E-state index is 12.7. The first kappa shape index (κ1) is 13.3. The zero-order chi connectivity index (χ0) is 14.0. The standard InChI is InChI=1S/C12H5ClF3N3/c13-11-9(12(14,15)16)5-10(18-19-11)8-3-1-7(6-17)2-4-8/h1-5H. The van der Waals surface area contributed by atoms with Gasteiger partial charge in [0, 0.05) is 5.56 Å². The fraction of sp³-hybridized carbons (Fsp3) is 0.0833. The lowest BCUT2D eigenvalue weighted by molar-refractivity contribution is -0.137. The summed E-state index contributed by atoms with van der Waals surface area (Å²) < 4.78 is 38.0. The minimum absolute atomic E-state index is 0.0428. The topological polar surface area (TPSA) is 49.6 Å². The molecular formula is C12H5ClF3N3. The SMILES string of the molecule is N#Cc1ccc(-c2cc(C(F)(F)F)c(Cl)nn2)cc1. The maximum absolute atomic E-state index is 12.7. The second-order valence-electron chi connectivity index (χ2n) is 3.62. The molecule has 0 saturated heterocycles. The van der Waals surface area contributed by atoms with Gasteiger partial charge in [-0.2, -0.15) is 18.4 Å². The van der Waals surface area contributed by atoms with E-state index < -0.39 is 16.9 Å². The average molecular weight is 284 g/mol. The summed E-state index contributed by atoms with van der Waals surface area (Å²) in [5.41, 5.74) is -0.167. The second kappa shape index (κ2) is 4.86. The van der Waals surface area contributed by atoms with Crippen LogP contribution in [0, 0.1) is 11.3 Å². The minimum atomic E-state index is -4.59. The molecule has 1 aromatic heterocycles. The van der Waals surface area contributed by atoms with Crippen molar-refractivity contribution in [1.82, 2.24) is 10.2 Å². The van der Waals surface area contributed by atoms with Gasteiger partial charge >= 0.3 is 6.18 Å². The third kappa shape index (κ3) is 2.83. The van der Waals surface area contributed by atoms with E-state index in [0.717, 1.165) is 6.07 Å². The molecule has 96 valence electrons. The predicted octanol–water partition coefficient (Wildman–Crippen LogP) is 3.69. The van der Waals surface area contributed by atoms with E-state index in [4.69, 9.17) is 16.9 Å². The zero-order valence-electron chi connectivity index (χ0n) is 9.24. The average Bonchev–Trinajstić information content (AvgIpc) is 2.38. The molecule has 0 aliphatic rings. The largest absolute Gasteiger partial charge is 0.419 e. The van der Waals surface area contributed by atoms with Crippen molar-refractivity contribution < 1.29 is 13.2 Å². The highest BCUT2D eigenvalue weighted by molar-refractivity contribution is 6.30. The van der Waals surface area contributed by atoms with Crippen LogP contribution < -0.4 is 0 Å². The molecule has 2 rings (SSSR count). The first-order valence-corrected chi connectivity index (χ1v) is 5.40. The van der Waals surface area contributed by atoms with Crippen molar-refractivity contribution >= 4 is 11.6 Å². The van der Waals surface area contributed by atoms with Crippen molar-refractivity contribution in [3.8, 4) is 17.3 Å². The Labute approximate surface area is 111 Å². The highest BCUT2D eigenvalue weighted by Gasteiger charge is 2.34. The highest BCUT2D eigenvalue weighted by atomic mass is 35.5. The number of alkyl halides is 3. The van der Waals surface area contributed by atoms with Crippen LogP contribution in [0.1, 0.15) is 11.1 Å². The molecule has 7 heteroatoms. The first-order chi connectivity index (χ1) is 8.91. The number of aromatic nitrogens is 2. The van der Waals surface area contributed by atoms with Crippen LogP contribution in [0.15, 0.2) is 30.3 Å². The molecule has 19 heavy (non-hydrogen) atoms. The van der Waals surface area contributed by atoms with E-state index in [9.17, 15) is 13.2 Å². The molecule has 0 amide bonds. The molecule has 1 aromatic carbocycles. The number of rotatable bonds is 1. The minimum Gasteiger partial charge on any atom is -0.192 e. The van der Waals surface area contributed by atoms with Gasteiger partial charge in [0.25, 0.3) is 0 Å². The van der Waals surface area contributed by atoms with Gasteiger partial charge in [0.05, 0.1) is 22.9 Å². The van der Waals surface area contributed by atoms with Gasteiger partial charge in [-0.05, 0) is 18.2 Å². The molecule has 0 N–H and O–H groups in total. The van der Waals surface area contributed by atoms with E-state index in [0.29, 0.717) is 11.1 Å². The van der Waals surface area contributed by atoms with Crippen LogP contribution in [0.3, 0.4) is 0 Å². The second-order valence-corrected chi connectivity index (χ2v) is 3.98. The van der Waals surface area contributed by atoms with Gasteiger partial charge < -0.3 is 0 Å². The Hall–Kier alpha value is -2.13. The third-order valence-corrected chi connectivity index (χ3v) is 2.64. The monoisotopic (exact) mass is 283 g/mol. The number of hydrogen-bond acceptors (Lipinski definition) is 3. The van der Waals surface area contributed by atoms with Crippen molar-refractivity contribution in [3.63, 3.8) is 0 Å². The van der Waals surface area contributed by atoms with Crippen molar-refractivity contribution in [2.45, 2.75) is 6.18 Å². The molecule has 0 radical (unpaired) electrons. The van der Waals surface area contributed by atoms with Crippen LogP contribution in [0.5, 0.6) is 0 Å². The summed E-state index contributed by atoms with van der Waals surface area (Å²) in [4.78, 5) is 0.